The highest BCUT2D eigenvalue weighted by atomic mass is 16.6. The molecule has 128 valence electrons. The molecule has 0 heterocycles. The number of methoxy groups -OCH3 is 1. The Labute approximate surface area is 138 Å². The Balaban J connectivity index is 1.93. The van der Waals surface area contributed by atoms with Crippen LogP contribution in [-0.4, -0.2) is 30.9 Å². The summed E-state index contributed by atoms with van der Waals surface area (Å²) in [7, 11) is 1.78. The molecule has 0 spiro atoms. The number of carbonyl (C=O) groups excluding carboxylic acids is 1. The number of rotatable bonds is 4. The fraction of sp³-hybridized carbons (Fsp3) is 0.611. The van der Waals surface area contributed by atoms with Gasteiger partial charge in [-0.25, -0.2) is 4.79 Å². The maximum Gasteiger partial charge on any atom is 0.412 e. The molecule has 2 unspecified atom stereocenters. The molecule has 0 aliphatic heterocycles. The van der Waals surface area contributed by atoms with E-state index in [1.807, 2.05) is 45.0 Å². The van der Waals surface area contributed by atoms with Gasteiger partial charge in [-0.2, -0.15) is 0 Å². The summed E-state index contributed by atoms with van der Waals surface area (Å²) in [6, 6.07) is 8.13. The molecule has 0 bridgehead atoms. The van der Waals surface area contributed by atoms with E-state index in [-0.39, 0.29) is 0 Å². The second kappa shape index (κ2) is 7.68. The highest BCUT2D eigenvalue weighted by Crippen LogP contribution is 2.25. The zero-order valence-corrected chi connectivity index (χ0v) is 14.5. The van der Waals surface area contributed by atoms with Crippen molar-refractivity contribution in [2.75, 3.05) is 17.7 Å². The van der Waals surface area contributed by atoms with Gasteiger partial charge in [0.2, 0.25) is 0 Å². The monoisotopic (exact) mass is 320 g/mol. The summed E-state index contributed by atoms with van der Waals surface area (Å²) in [5.41, 5.74) is 1.22. The summed E-state index contributed by atoms with van der Waals surface area (Å²) < 4.78 is 10.7. The first-order valence-corrected chi connectivity index (χ1v) is 8.25. The second-order valence-electron chi connectivity index (χ2n) is 7.07. The quantitative estimate of drug-likeness (QED) is 0.863. The Morgan fingerprint density at radius 1 is 1.22 bits per heavy atom. The van der Waals surface area contributed by atoms with Crippen molar-refractivity contribution < 1.29 is 14.3 Å². The molecule has 1 amide bonds. The standard InChI is InChI=1S/C18H28N2O3/c1-18(2,3)23-17(21)20-14-8-5-7-13(11-14)19-15-9-6-10-16(12-15)22-4/h5,7-8,11,15-16,19H,6,9-10,12H2,1-4H3,(H,20,21). The normalized spacial score (nSPS) is 21.6. The largest absolute Gasteiger partial charge is 0.444 e. The van der Waals surface area contributed by atoms with Gasteiger partial charge >= 0.3 is 6.09 Å². The summed E-state index contributed by atoms with van der Waals surface area (Å²) in [5.74, 6) is 0. The molecule has 0 aromatic heterocycles. The minimum absolute atomic E-state index is 0.337. The van der Waals surface area contributed by atoms with E-state index in [0.29, 0.717) is 12.1 Å². The number of anilines is 2. The van der Waals surface area contributed by atoms with Crippen LogP contribution in [0.15, 0.2) is 24.3 Å². The average Bonchev–Trinajstić information content (AvgIpc) is 2.45. The molecule has 5 heteroatoms. The van der Waals surface area contributed by atoms with Gasteiger partial charge in [0.1, 0.15) is 5.60 Å². The third-order valence-corrected chi connectivity index (χ3v) is 3.84. The van der Waals surface area contributed by atoms with E-state index in [1.165, 1.54) is 6.42 Å². The molecule has 1 fully saturated rings. The Hall–Kier alpha value is -1.75. The highest BCUT2D eigenvalue weighted by Gasteiger charge is 2.21. The first-order chi connectivity index (χ1) is 10.9. The zero-order chi connectivity index (χ0) is 16.9. The predicted octanol–water partition coefficient (Wildman–Crippen LogP) is 4.40. The molecule has 5 nitrogen and oxygen atoms in total. The molecular weight excluding hydrogens is 292 g/mol. The van der Waals surface area contributed by atoms with Gasteiger partial charge in [-0.05, 0) is 64.7 Å². The van der Waals surface area contributed by atoms with Crippen molar-refractivity contribution in [3.8, 4) is 0 Å². The lowest BCUT2D eigenvalue weighted by Crippen LogP contribution is -2.31. The summed E-state index contributed by atoms with van der Waals surface area (Å²) in [6.45, 7) is 5.54. The van der Waals surface area contributed by atoms with E-state index >= 15 is 0 Å². The van der Waals surface area contributed by atoms with Crippen LogP contribution in [0.25, 0.3) is 0 Å². The van der Waals surface area contributed by atoms with Gasteiger partial charge in [0, 0.05) is 24.5 Å². The molecule has 2 atom stereocenters. The van der Waals surface area contributed by atoms with E-state index < -0.39 is 11.7 Å². The summed E-state index contributed by atoms with van der Waals surface area (Å²) in [5, 5.41) is 6.31. The number of amides is 1. The van der Waals surface area contributed by atoms with Crippen LogP contribution < -0.4 is 10.6 Å². The van der Waals surface area contributed by atoms with Crippen LogP contribution in [0.4, 0.5) is 16.2 Å². The maximum atomic E-state index is 11.8. The van der Waals surface area contributed by atoms with Gasteiger partial charge in [-0.1, -0.05) is 6.07 Å². The van der Waals surface area contributed by atoms with E-state index in [9.17, 15) is 4.79 Å². The van der Waals surface area contributed by atoms with Crippen molar-refractivity contribution in [1.29, 1.82) is 0 Å². The molecule has 2 N–H and O–H groups in total. The fourth-order valence-corrected chi connectivity index (χ4v) is 2.83. The zero-order valence-electron chi connectivity index (χ0n) is 14.5. The predicted molar refractivity (Wildman–Crippen MR) is 93.0 cm³/mol. The second-order valence-corrected chi connectivity index (χ2v) is 7.07. The van der Waals surface area contributed by atoms with Crippen LogP contribution in [0.5, 0.6) is 0 Å². The SMILES string of the molecule is COC1CCCC(Nc2cccc(NC(=O)OC(C)(C)C)c2)C1. The minimum atomic E-state index is -0.503. The van der Waals surface area contributed by atoms with Crippen LogP contribution in [-0.2, 0) is 9.47 Å². The summed E-state index contributed by atoms with van der Waals surface area (Å²) in [6.07, 6.45) is 4.36. The number of carbonyl (C=O) groups is 1. The van der Waals surface area contributed by atoms with Crippen molar-refractivity contribution in [1.82, 2.24) is 0 Å². The first kappa shape index (κ1) is 17.6. The van der Waals surface area contributed by atoms with Gasteiger partial charge in [0.25, 0.3) is 0 Å². The van der Waals surface area contributed by atoms with Crippen molar-refractivity contribution in [2.45, 2.75) is 64.2 Å². The molecule has 1 aliphatic rings. The van der Waals surface area contributed by atoms with Gasteiger partial charge in [-0.15, -0.1) is 0 Å². The lowest BCUT2D eigenvalue weighted by Gasteiger charge is -2.29. The third-order valence-electron chi connectivity index (χ3n) is 3.84. The lowest BCUT2D eigenvalue weighted by atomic mass is 9.92. The summed E-state index contributed by atoms with van der Waals surface area (Å²) >= 11 is 0. The highest BCUT2D eigenvalue weighted by molar-refractivity contribution is 5.85. The average molecular weight is 320 g/mol. The Bertz CT molecular complexity index is 525. The van der Waals surface area contributed by atoms with Crippen LogP contribution in [0.1, 0.15) is 46.5 Å². The lowest BCUT2D eigenvalue weighted by molar-refractivity contribution is 0.0635. The van der Waals surface area contributed by atoms with Crippen molar-refractivity contribution >= 4 is 17.5 Å². The van der Waals surface area contributed by atoms with Crippen LogP contribution in [0, 0.1) is 0 Å². The van der Waals surface area contributed by atoms with Crippen LogP contribution >= 0.6 is 0 Å². The first-order valence-electron chi connectivity index (χ1n) is 8.25. The smallest absolute Gasteiger partial charge is 0.412 e. The Morgan fingerprint density at radius 3 is 2.65 bits per heavy atom. The molecule has 23 heavy (non-hydrogen) atoms. The maximum absolute atomic E-state index is 11.8. The molecule has 1 aliphatic carbocycles. The number of hydrogen-bond acceptors (Lipinski definition) is 4. The van der Waals surface area contributed by atoms with Gasteiger partial charge in [0.15, 0.2) is 0 Å². The molecule has 2 rings (SSSR count). The van der Waals surface area contributed by atoms with Crippen LogP contribution in [0.3, 0.4) is 0 Å². The topological polar surface area (TPSA) is 59.6 Å². The summed E-state index contributed by atoms with van der Waals surface area (Å²) in [4.78, 5) is 11.8. The molecule has 1 aromatic carbocycles. The molecule has 1 aromatic rings. The number of ether oxygens (including phenoxy) is 2. The van der Waals surface area contributed by atoms with Crippen molar-refractivity contribution in [3.05, 3.63) is 24.3 Å². The third kappa shape index (κ3) is 6.10. The van der Waals surface area contributed by atoms with E-state index in [2.05, 4.69) is 10.6 Å². The Kier molecular flexibility index (Phi) is 5.88. The fourth-order valence-electron chi connectivity index (χ4n) is 2.83. The van der Waals surface area contributed by atoms with E-state index in [4.69, 9.17) is 9.47 Å². The van der Waals surface area contributed by atoms with Gasteiger partial charge < -0.3 is 14.8 Å². The number of hydrogen-bond donors (Lipinski definition) is 2. The molecule has 1 saturated carbocycles. The van der Waals surface area contributed by atoms with Crippen molar-refractivity contribution in [2.24, 2.45) is 0 Å². The number of nitrogens with one attached hydrogen (secondary N) is 2. The molecular formula is C18H28N2O3. The molecule has 0 saturated heterocycles. The van der Waals surface area contributed by atoms with E-state index in [0.717, 1.165) is 30.6 Å². The van der Waals surface area contributed by atoms with Gasteiger partial charge in [-0.3, -0.25) is 5.32 Å². The molecule has 0 radical (unpaired) electrons. The Morgan fingerprint density at radius 2 is 1.96 bits per heavy atom. The number of benzene rings is 1. The van der Waals surface area contributed by atoms with E-state index in [1.54, 1.807) is 7.11 Å². The van der Waals surface area contributed by atoms with Gasteiger partial charge in [0.05, 0.1) is 6.10 Å². The minimum Gasteiger partial charge on any atom is -0.444 e. The van der Waals surface area contributed by atoms with Crippen LogP contribution in [0.2, 0.25) is 0 Å². The van der Waals surface area contributed by atoms with Crippen molar-refractivity contribution in [3.63, 3.8) is 0 Å².